The Morgan fingerprint density at radius 3 is 2.26 bits per heavy atom. The fraction of sp³-hybridized carbons (Fsp3) is 0.290. The molecule has 0 saturated carbocycles. The molecule has 3 aromatic carbocycles. The molecule has 2 N–H and O–H groups in total. The Bertz CT molecular complexity index is 1740. The van der Waals surface area contributed by atoms with Crippen molar-refractivity contribution >= 4 is 39.3 Å². The first-order valence-electron chi connectivity index (χ1n) is 14.5. The van der Waals surface area contributed by atoms with Gasteiger partial charge >= 0.3 is 0 Å². The molecule has 0 spiro atoms. The van der Waals surface area contributed by atoms with E-state index in [4.69, 9.17) is 14.2 Å². The number of thioether (sulfide) groups is 1. The zero-order chi connectivity index (χ0) is 32.5. The zero-order valence-corrected chi connectivity index (χ0v) is 27.0. The Morgan fingerprint density at radius 1 is 0.935 bits per heavy atom. The number of hydrogen-bond acceptors (Lipinski definition) is 10. The second kappa shape index (κ2) is 15.2. The quantitative estimate of drug-likeness (QED) is 0.203. The number of carbonyl (C=O) groups is 2. The normalized spacial score (nSPS) is 13.6. The lowest BCUT2D eigenvalue weighted by atomic mass is 10.2. The maximum absolute atomic E-state index is 13.1. The number of methoxy groups -OCH3 is 1. The molecule has 1 saturated heterocycles. The lowest BCUT2D eigenvalue weighted by Crippen LogP contribution is -2.40. The van der Waals surface area contributed by atoms with Crippen LogP contribution in [0.15, 0.2) is 82.8 Å². The van der Waals surface area contributed by atoms with Crippen LogP contribution in [0.1, 0.15) is 23.1 Å². The molecule has 0 bridgehead atoms. The number of nitrogens with zero attached hydrogens (tertiary/aromatic N) is 4. The molecule has 5 rings (SSSR count). The number of anilines is 1. The minimum absolute atomic E-state index is 0.0193. The highest BCUT2D eigenvalue weighted by Gasteiger charge is 2.26. The molecule has 46 heavy (non-hydrogen) atoms. The van der Waals surface area contributed by atoms with Gasteiger partial charge in [0.25, 0.3) is 5.91 Å². The zero-order valence-electron chi connectivity index (χ0n) is 25.3. The topological polar surface area (TPSA) is 154 Å². The Morgan fingerprint density at radius 2 is 1.61 bits per heavy atom. The van der Waals surface area contributed by atoms with E-state index in [1.807, 2.05) is 31.2 Å². The van der Waals surface area contributed by atoms with E-state index in [1.165, 1.54) is 40.3 Å². The molecule has 242 valence electrons. The summed E-state index contributed by atoms with van der Waals surface area (Å²) in [4.78, 5) is 25.9. The van der Waals surface area contributed by atoms with Gasteiger partial charge in [0.1, 0.15) is 11.5 Å². The molecule has 15 heteroatoms. The fourth-order valence-corrected chi connectivity index (χ4v) is 6.78. The number of morpholine rings is 1. The van der Waals surface area contributed by atoms with Crippen LogP contribution in [0.4, 0.5) is 5.69 Å². The van der Waals surface area contributed by atoms with E-state index in [2.05, 4.69) is 20.8 Å². The van der Waals surface area contributed by atoms with Crippen molar-refractivity contribution in [1.29, 1.82) is 0 Å². The molecular weight excluding hydrogens is 633 g/mol. The Labute approximate surface area is 271 Å². The maximum atomic E-state index is 13.1. The lowest BCUT2D eigenvalue weighted by molar-refractivity contribution is -0.113. The Hall–Kier alpha value is -4.44. The summed E-state index contributed by atoms with van der Waals surface area (Å²) >= 11 is 1.20. The average Bonchev–Trinajstić information content (AvgIpc) is 3.50. The third kappa shape index (κ3) is 8.04. The standard InChI is InChI=1S/C31H34N6O7S2/c1-3-44-26-12-8-24(9-13-26)37-28(34-35-31(37)45-21-29(38)33-23-6-10-25(42-2)11-7-23)20-32-30(39)22-4-14-27(15-5-22)46(40,41)36-16-18-43-19-17-36/h4-15H,3,16-21H2,1-2H3,(H,32,39)(H,33,38). The summed E-state index contributed by atoms with van der Waals surface area (Å²) in [6.07, 6.45) is 0. The van der Waals surface area contributed by atoms with E-state index < -0.39 is 15.9 Å². The van der Waals surface area contributed by atoms with Crippen LogP contribution in [0, 0.1) is 0 Å². The van der Waals surface area contributed by atoms with Crippen LogP contribution < -0.4 is 20.1 Å². The van der Waals surface area contributed by atoms with Gasteiger partial charge in [0, 0.05) is 30.0 Å². The summed E-state index contributed by atoms with van der Waals surface area (Å²) in [6.45, 7) is 3.70. The molecule has 13 nitrogen and oxygen atoms in total. The monoisotopic (exact) mass is 666 g/mol. The summed E-state index contributed by atoms with van der Waals surface area (Å²) in [5.74, 6) is 1.23. The molecule has 1 aliphatic rings. The van der Waals surface area contributed by atoms with Crippen LogP contribution >= 0.6 is 11.8 Å². The predicted octanol–water partition coefficient (Wildman–Crippen LogP) is 3.36. The van der Waals surface area contributed by atoms with Gasteiger partial charge in [0.15, 0.2) is 11.0 Å². The molecule has 4 aromatic rings. The van der Waals surface area contributed by atoms with Gasteiger partial charge in [0.05, 0.1) is 44.1 Å². The molecule has 1 aliphatic heterocycles. The third-order valence-corrected chi connectivity index (χ3v) is 9.79. The van der Waals surface area contributed by atoms with Crippen molar-refractivity contribution in [2.75, 3.05) is 51.1 Å². The second-order valence-corrected chi connectivity index (χ2v) is 12.8. The van der Waals surface area contributed by atoms with Crippen LogP contribution in [0.3, 0.4) is 0 Å². The second-order valence-electron chi connectivity index (χ2n) is 9.95. The first-order chi connectivity index (χ1) is 22.3. The van der Waals surface area contributed by atoms with Gasteiger partial charge in [-0.1, -0.05) is 11.8 Å². The number of nitrogens with one attached hydrogen (secondary N) is 2. The van der Waals surface area contributed by atoms with E-state index in [0.717, 1.165) is 0 Å². The molecule has 0 unspecified atom stereocenters. The van der Waals surface area contributed by atoms with Crippen molar-refractivity contribution in [3.8, 4) is 17.2 Å². The number of amides is 2. The fourth-order valence-electron chi connectivity index (χ4n) is 4.60. The van der Waals surface area contributed by atoms with Crippen LogP contribution in [-0.2, 0) is 26.1 Å². The van der Waals surface area contributed by atoms with Gasteiger partial charge in [-0.2, -0.15) is 4.31 Å². The summed E-state index contributed by atoms with van der Waals surface area (Å²) in [6, 6.07) is 20.1. The van der Waals surface area contributed by atoms with E-state index in [-0.39, 0.29) is 41.8 Å². The molecule has 2 amide bonds. The van der Waals surface area contributed by atoms with Crippen molar-refractivity contribution in [3.63, 3.8) is 0 Å². The smallest absolute Gasteiger partial charge is 0.251 e. The molecular formula is C31H34N6O7S2. The number of sulfonamides is 1. The van der Waals surface area contributed by atoms with Gasteiger partial charge in [-0.3, -0.25) is 14.2 Å². The number of benzene rings is 3. The number of ether oxygens (including phenoxy) is 3. The molecule has 0 radical (unpaired) electrons. The molecule has 1 aromatic heterocycles. The van der Waals surface area contributed by atoms with E-state index in [9.17, 15) is 18.0 Å². The predicted molar refractivity (Wildman–Crippen MR) is 172 cm³/mol. The highest BCUT2D eigenvalue weighted by atomic mass is 32.2. The van der Waals surface area contributed by atoms with Gasteiger partial charge in [-0.15, -0.1) is 10.2 Å². The number of aromatic nitrogens is 3. The van der Waals surface area contributed by atoms with E-state index in [1.54, 1.807) is 35.9 Å². The molecule has 1 fully saturated rings. The molecule has 2 heterocycles. The van der Waals surface area contributed by atoms with Crippen LogP contribution in [0.5, 0.6) is 11.5 Å². The number of rotatable bonds is 13. The molecule has 0 atom stereocenters. The van der Waals surface area contributed by atoms with Crippen molar-refractivity contribution in [2.45, 2.75) is 23.5 Å². The Kier molecular flexibility index (Phi) is 10.9. The summed E-state index contributed by atoms with van der Waals surface area (Å²) < 4.78 is 45.0. The highest BCUT2D eigenvalue weighted by molar-refractivity contribution is 7.99. The van der Waals surface area contributed by atoms with Gasteiger partial charge in [-0.05, 0) is 79.7 Å². The first kappa shape index (κ1) is 32.9. The summed E-state index contributed by atoms with van der Waals surface area (Å²) in [7, 11) is -2.10. The van der Waals surface area contributed by atoms with Crippen molar-refractivity contribution in [2.24, 2.45) is 0 Å². The minimum Gasteiger partial charge on any atom is -0.497 e. The van der Waals surface area contributed by atoms with E-state index >= 15 is 0 Å². The van der Waals surface area contributed by atoms with Crippen LogP contribution in [0.25, 0.3) is 5.69 Å². The van der Waals surface area contributed by atoms with Crippen molar-refractivity contribution < 1.29 is 32.2 Å². The highest BCUT2D eigenvalue weighted by Crippen LogP contribution is 2.25. The van der Waals surface area contributed by atoms with Gasteiger partial charge < -0.3 is 24.8 Å². The van der Waals surface area contributed by atoms with Crippen LogP contribution in [0.2, 0.25) is 0 Å². The third-order valence-electron chi connectivity index (χ3n) is 6.94. The lowest BCUT2D eigenvalue weighted by Gasteiger charge is -2.26. The average molecular weight is 667 g/mol. The van der Waals surface area contributed by atoms with Gasteiger partial charge in [-0.25, -0.2) is 8.42 Å². The van der Waals surface area contributed by atoms with Gasteiger partial charge in [0.2, 0.25) is 15.9 Å². The van der Waals surface area contributed by atoms with Crippen molar-refractivity contribution in [1.82, 2.24) is 24.4 Å². The molecule has 0 aliphatic carbocycles. The van der Waals surface area contributed by atoms with E-state index in [0.29, 0.717) is 53.7 Å². The SMILES string of the molecule is CCOc1ccc(-n2c(CNC(=O)c3ccc(S(=O)(=O)N4CCOCC4)cc3)nnc2SCC(=O)Nc2ccc(OC)cc2)cc1. The summed E-state index contributed by atoms with van der Waals surface area (Å²) in [5, 5.41) is 14.7. The largest absolute Gasteiger partial charge is 0.497 e. The minimum atomic E-state index is -3.68. The Balaban J connectivity index is 1.28. The first-order valence-corrected chi connectivity index (χ1v) is 16.9. The summed E-state index contributed by atoms with van der Waals surface area (Å²) in [5.41, 5.74) is 1.64. The maximum Gasteiger partial charge on any atom is 0.251 e. The van der Waals surface area contributed by atoms with Crippen molar-refractivity contribution in [3.05, 3.63) is 84.2 Å². The number of carbonyl (C=O) groups excluding carboxylic acids is 2. The van der Waals surface area contributed by atoms with Crippen LogP contribution in [-0.4, -0.2) is 85.1 Å². The number of hydrogen-bond donors (Lipinski definition) is 2.